The van der Waals surface area contributed by atoms with Gasteiger partial charge in [-0.2, -0.15) is 0 Å². The monoisotopic (exact) mass is 291 g/mol. The maximum absolute atomic E-state index is 11.8. The number of rotatable bonds is 2. The van der Waals surface area contributed by atoms with Crippen LogP contribution in [0.2, 0.25) is 5.02 Å². The predicted molar refractivity (Wildman–Crippen MR) is 79.3 cm³/mol. The van der Waals surface area contributed by atoms with Gasteiger partial charge in [-0.05, 0) is 49.4 Å². The van der Waals surface area contributed by atoms with Crippen molar-refractivity contribution in [2.75, 3.05) is 0 Å². The number of hydrogen-bond donors (Lipinski definition) is 1. The highest BCUT2D eigenvalue weighted by atomic mass is 35.5. The maximum Gasteiger partial charge on any atom is 0.251 e. The summed E-state index contributed by atoms with van der Waals surface area (Å²) in [5, 5.41) is 0.739. The van der Waals surface area contributed by atoms with Crippen LogP contribution in [0.4, 0.5) is 0 Å². The third-order valence-electron chi connectivity index (χ3n) is 3.40. The van der Waals surface area contributed by atoms with E-state index in [2.05, 4.69) is 4.98 Å². The van der Waals surface area contributed by atoms with Crippen molar-refractivity contribution in [3.63, 3.8) is 0 Å². The molecular formula is C15H14ClNOS. The lowest BCUT2D eigenvalue weighted by Crippen LogP contribution is -2.19. The lowest BCUT2D eigenvalue weighted by molar-refractivity contribution is 0.665. The van der Waals surface area contributed by atoms with Crippen molar-refractivity contribution in [2.24, 2.45) is 0 Å². The van der Waals surface area contributed by atoms with Crippen molar-refractivity contribution in [3.05, 3.63) is 57.0 Å². The Labute approximate surface area is 121 Å². The number of H-pyrrole nitrogens is 1. The minimum absolute atomic E-state index is 0.0742. The first-order valence-corrected chi connectivity index (χ1v) is 7.60. The minimum atomic E-state index is 0.0742. The smallest absolute Gasteiger partial charge is 0.251 e. The van der Waals surface area contributed by atoms with E-state index in [9.17, 15) is 4.79 Å². The van der Waals surface area contributed by atoms with E-state index in [0.717, 1.165) is 39.6 Å². The average Bonchev–Trinajstić information content (AvgIpc) is 2.42. The molecule has 0 bridgehead atoms. The van der Waals surface area contributed by atoms with Gasteiger partial charge in [-0.3, -0.25) is 4.79 Å². The number of benzene rings is 1. The Hall–Kier alpha value is -1.19. The molecule has 1 aromatic carbocycles. The third-order valence-corrected chi connectivity index (χ3v) is 4.71. The van der Waals surface area contributed by atoms with Gasteiger partial charge in [0.25, 0.3) is 5.56 Å². The molecule has 1 aliphatic carbocycles. The molecule has 98 valence electrons. The molecule has 0 fully saturated rings. The van der Waals surface area contributed by atoms with E-state index in [4.69, 9.17) is 11.6 Å². The van der Waals surface area contributed by atoms with Crippen LogP contribution in [0.15, 0.2) is 45.0 Å². The molecule has 1 heterocycles. The van der Waals surface area contributed by atoms with Crippen LogP contribution >= 0.6 is 23.4 Å². The molecule has 0 saturated heterocycles. The summed E-state index contributed by atoms with van der Waals surface area (Å²) in [5.41, 5.74) is 2.27. The second-order valence-corrected chi connectivity index (χ2v) is 6.26. The quantitative estimate of drug-likeness (QED) is 0.905. The molecule has 19 heavy (non-hydrogen) atoms. The summed E-state index contributed by atoms with van der Waals surface area (Å²) in [5.74, 6) is 0. The molecule has 4 heteroatoms. The zero-order valence-electron chi connectivity index (χ0n) is 10.4. The van der Waals surface area contributed by atoms with Crippen molar-refractivity contribution in [2.45, 2.75) is 35.5 Å². The molecule has 0 amide bonds. The number of halogens is 1. The summed E-state index contributed by atoms with van der Waals surface area (Å²) in [6.45, 7) is 0. The van der Waals surface area contributed by atoms with Crippen LogP contribution in [-0.4, -0.2) is 4.98 Å². The lowest BCUT2D eigenvalue weighted by Gasteiger charge is -2.17. The van der Waals surface area contributed by atoms with Crippen LogP contribution < -0.4 is 5.56 Å². The van der Waals surface area contributed by atoms with Gasteiger partial charge in [0, 0.05) is 26.6 Å². The Kier molecular flexibility index (Phi) is 3.67. The van der Waals surface area contributed by atoms with Gasteiger partial charge in [-0.1, -0.05) is 29.4 Å². The number of pyridine rings is 1. The normalized spacial score (nSPS) is 14.2. The summed E-state index contributed by atoms with van der Waals surface area (Å²) in [6.07, 6.45) is 6.01. The van der Waals surface area contributed by atoms with Gasteiger partial charge in [0.15, 0.2) is 0 Å². The zero-order valence-corrected chi connectivity index (χ0v) is 12.0. The van der Waals surface area contributed by atoms with Gasteiger partial charge in [0.2, 0.25) is 0 Å². The van der Waals surface area contributed by atoms with E-state index in [1.807, 2.05) is 30.5 Å². The highest BCUT2D eigenvalue weighted by molar-refractivity contribution is 7.99. The fourth-order valence-corrected chi connectivity index (χ4v) is 3.79. The topological polar surface area (TPSA) is 32.9 Å². The fourth-order valence-electron chi connectivity index (χ4n) is 2.48. The number of aromatic nitrogens is 1. The number of nitrogens with one attached hydrogen (secondary N) is 1. The van der Waals surface area contributed by atoms with Crippen LogP contribution in [0.1, 0.15) is 24.0 Å². The van der Waals surface area contributed by atoms with E-state index in [1.165, 1.54) is 12.0 Å². The molecule has 0 atom stereocenters. The molecule has 3 rings (SSSR count). The van der Waals surface area contributed by atoms with Gasteiger partial charge in [-0.25, -0.2) is 0 Å². The third kappa shape index (κ3) is 2.72. The van der Waals surface area contributed by atoms with Gasteiger partial charge in [0.1, 0.15) is 0 Å². The number of aromatic amines is 1. The lowest BCUT2D eigenvalue weighted by atomic mass is 9.93. The van der Waals surface area contributed by atoms with Crippen molar-refractivity contribution >= 4 is 23.4 Å². The molecule has 2 aromatic rings. The van der Waals surface area contributed by atoms with Gasteiger partial charge >= 0.3 is 0 Å². The average molecular weight is 292 g/mol. The molecule has 2 nitrogen and oxygen atoms in total. The van der Waals surface area contributed by atoms with Crippen LogP contribution in [0.5, 0.6) is 0 Å². The molecular weight excluding hydrogens is 278 g/mol. The number of hydrogen-bond acceptors (Lipinski definition) is 2. The Morgan fingerprint density at radius 2 is 1.95 bits per heavy atom. The van der Waals surface area contributed by atoms with Crippen LogP contribution in [-0.2, 0) is 12.8 Å². The Bertz CT molecular complexity index is 665. The van der Waals surface area contributed by atoms with Gasteiger partial charge < -0.3 is 4.98 Å². The number of fused-ring (bicyclic) bond motifs is 1. The molecule has 1 N–H and O–H groups in total. The second-order valence-electron chi connectivity index (χ2n) is 4.71. The highest BCUT2D eigenvalue weighted by Gasteiger charge is 2.17. The van der Waals surface area contributed by atoms with Crippen molar-refractivity contribution in [1.29, 1.82) is 0 Å². The van der Waals surface area contributed by atoms with Crippen LogP contribution in [0.25, 0.3) is 0 Å². The molecule has 0 aliphatic heterocycles. The zero-order chi connectivity index (χ0) is 13.2. The molecule has 1 aliphatic rings. The molecule has 0 spiro atoms. The standard InChI is InChI=1S/C15H14ClNOS/c16-10-4-3-5-11(8-10)19-14-9-17-15(18)13-7-2-1-6-12(13)14/h3-5,8-9H,1-2,6-7H2,(H,17,18). The predicted octanol–water partition coefficient (Wildman–Crippen LogP) is 4.06. The van der Waals surface area contributed by atoms with E-state index >= 15 is 0 Å². The van der Waals surface area contributed by atoms with Crippen molar-refractivity contribution < 1.29 is 0 Å². The molecule has 1 aromatic heterocycles. The van der Waals surface area contributed by atoms with E-state index in [1.54, 1.807) is 11.8 Å². The second kappa shape index (κ2) is 5.43. The first-order chi connectivity index (χ1) is 9.24. The summed E-state index contributed by atoms with van der Waals surface area (Å²) in [7, 11) is 0. The van der Waals surface area contributed by atoms with Gasteiger partial charge in [0.05, 0.1) is 0 Å². The Morgan fingerprint density at radius 1 is 1.16 bits per heavy atom. The largest absolute Gasteiger partial charge is 0.328 e. The van der Waals surface area contributed by atoms with E-state index in [0.29, 0.717) is 0 Å². The first kappa shape index (κ1) is 12.8. The highest BCUT2D eigenvalue weighted by Crippen LogP contribution is 2.34. The maximum atomic E-state index is 11.8. The fraction of sp³-hybridized carbons (Fsp3) is 0.267. The summed E-state index contributed by atoms with van der Waals surface area (Å²) in [6, 6.07) is 7.81. The van der Waals surface area contributed by atoms with E-state index < -0.39 is 0 Å². The van der Waals surface area contributed by atoms with Crippen LogP contribution in [0, 0.1) is 0 Å². The van der Waals surface area contributed by atoms with E-state index in [-0.39, 0.29) is 5.56 Å². The molecule has 0 radical (unpaired) electrons. The SMILES string of the molecule is O=c1[nH]cc(Sc2cccc(Cl)c2)c2c1CCCC2. The molecule has 0 saturated carbocycles. The summed E-state index contributed by atoms with van der Waals surface area (Å²) >= 11 is 7.68. The van der Waals surface area contributed by atoms with Gasteiger partial charge in [-0.15, -0.1) is 0 Å². The minimum Gasteiger partial charge on any atom is -0.328 e. The van der Waals surface area contributed by atoms with Crippen molar-refractivity contribution in [3.8, 4) is 0 Å². The summed E-state index contributed by atoms with van der Waals surface area (Å²) in [4.78, 5) is 16.9. The Balaban J connectivity index is 1.99. The summed E-state index contributed by atoms with van der Waals surface area (Å²) < 4.78 is 0. The molecule has 0 unspecified atom stereocenters. The Morgan fingerprint density at radius 3 is 2.74 bits per heavy atom. The first-order valence-electron chi connectivity index (χ1n) is 6.41. The van der Waals surface area contributed by atoms with Crippen molar-refractivity contribution in [1.82, 2.24) is 4.98 Å². The van der Waals surface area contributed by atoms with Crippen LogP contribution in [0.3, 0.4) is 0 Å².